The molecule has 0 radical (unpaired) electrons. The molecule has 4 aromatic carbocycles. The molecule has 3 aliphatic heterocycles. The number of phenols is 1. The summed E-state index contributed by atoms with van der Waals surface area (Å²) in [5.74, 6) is -2.34. The molecule has 0 saturated carbocycles. The molecule has 3 aliphatic rings. The number of anilines is 2. The maximum atomic E-state index is 15.4. The maximum absolute atomic E-state index is 15.4. The van der Waals surface area contributed by atoms with Gasteiger partial charge in [0.1, 0.15) is 17.4 Å². The van der Waals surface area contributed by atoms with Crippen molar-refractivity contribution in [2.45, 2.75) is 44.8 Å². The van der Waals surface area contributed by atoms with E-state index in [0.717, 1.165) is 62.3 Å². The first kappa shape index (κ1) is 35.0. The lowest BCUT2D eigenvalue weighted by Crippen LogP contribution is -2.52. The number of aromatic nitrogens is 1. The molecule has 0 aliphatic carbocycles. The van der Waals surface area contributed by atoms with Crippen molar-refractivity contribution in [3.63, 3.8) is 0 Å². The number of amides is 2. The van der Waals surface area contributed by atoms with Crippen molar-refractivity contribution in [1.82, 2.24) is 14.4 Å². The molecule has 1 fully saturated rings. The third-order valence-electron chi connectivity index (χ3n) is 10.6. The lowest BCUT2D eigenvalue weighted by Gasteiger charge is -2.40. The molecule has 11 heteroatoms. The summed E-state index contributed by atoms with van der Waals surface area (Å²) in [4.78, 5) is 35.2. The highest BCUT2D eigenvalue weighted by Gasteiger charge is 2.35. The number of aromatic hydroxyl groups is 1. The van der Waals surface area contributed by atoms with Crippen LogP contribution in [0.15, 0.2) is 91.0 Å². The van der Waals surface area contributed by atoms with Gasteiger partial charge in [-0.15, -0.1) is 0 Å². The number of halogens is 3. The van der Waals surface area contributed by atoms with E-state index in [0.29, 0.717) is 65.8 Å². The minimum Gasteiger partial charge on any atom is -0.508 e. The molecule has 2 amide bonds. The van der Waals surface area contributed by atoms with Gasteiger partial charge in [0.05, 0.1) is 24.5 Å². The molecule has 1 aromatic heterocycles. The Morgan fingerprint density at radius 3 is 2.42 bits per heavy atom. The van der Waals surface area contributed by atoms with Crippen molar-refractivity contribution >= 4 is 34.8 Å². The lowest BCUT2D eigenvalue weighted by atomic mass is 9.92. The van der Waals surface area contributed by atoms with E-state index < -0.39 is 17.5 Å². The average Bonchev–Trinajstić information content (AvgIpc) is 3.56. The second-order valence-corrected chi connectivity index (χ2v) is 14.4. The highest BCUT2D eigenvalue weighted by Crippen LogP contribution is 2.39. The summed E-state index contributed by atoms with van der Waals surface area (Å²) in [6.07, 6.45) is 3.02. The van der Waals surface area contributed by atoms with Crippen molar-refractivity contribution in [1.29, 1.82) is 0 Å². The van der Waals surface area contributed by atoms with Crippen molar-refractivity contribution in [2.75, 3.05) is 37.7 Å². The van der Waals surface area contributed by atoms with Gasteiger partial charge in [-0.1, -0.05) is 35.9 Å². The molecule has 4 heterocycles. The van der Waals surface area contributed by atoms with Gasteiger partial charge in [0.25, 0.3) is 11.8 Å². The van der Waals surface area contributed by atoms with E-state index >= 15 is 4.39 Å². The van der Waals surface area contributed by atoms with Gasteiger partial charge in [-0.3, -0.25) is 19.4 Å². The number of hydrogen-bond acceptors (Lipinski definition) is 5. The summed E-state index contributed by atoms with van der Waals surface area (Å²) in [5, 5.41) is 10.4. The fraction of sp³-hybridized carbons (Fsp3) is 0.286. The van der Waals surface area contributed by atoms with Crippen molar-refractivity contribution < 1.29 is 28.2 Å². The Bertz CT molecular complexity index is 2180. The smallest absolute Gasteiger partial charge is 0.264 e. The topological polar surface area (TPSA) is 78.3 Å². The molecule has 8 nitrogen and oxygen atoms in total. The van der Waals surface area contributed by atoms with Gasteiger partial charge in [-0.25, -0.2) is 8.78 Å². The molecule has 0 unspecified atom stereocenters. The van der Waals surface area contributed by atoms with Gasteiger partial charge in [0.15, 0.2) is 0 Å². The van der Waals surface area contributed by atoms with Crippen molar-refractivity contribution in [3.8, 4) is 17.0 Å². The first-order chi connectivity index (χ1) is 25.7. The van der Waals surface area contributed by atoms with Crippen LogP contribution in [0.2, 0.25) is 5.02 Å². The predicted octanol–water partition coefficient (Wildman–Crippen LogP) is 8.01. The number of phenolic OH excluding ortho intramolecular Hbond substituents is 1. The number of benzene rings is 4. The second-order valence-electron chi connectivity index (χ2n) is 13.9. The second kappa shape index (κ2) is 14.8. The van der Waals surface area contributed by atoms with Gasteiger partial charge in [0.2, 0.25) is 0 Å². The average molecular weight is 737 g/mol. The number of morpholine rings is 1. The zero-order chi connectivity index (χ0) is 36.6. The maximum Gasteiger partial charge on any atom is 0.264 e. The minimum atomic E-state index is -0.905. The quantitative estimate of drug-likeness (QED) is 0.183. The molecule has 0 spiro atoms. The molecule has 5 aromatic rings. The molecule has 0 bridgehead atoms. The zero-order valence-electron chi connectivity index (χ0n) is 29.1. The monoisotopic (exact) mass is 736 g/mol. The zero-order valence-corrected chi connectivity index (χ0v) is 29.9. The van der Waals surface area contributed by atoms with E-state index in [1.807, 2.05) is 17.0 Å². The molecule has 53 heavy (non-hydrogen) atoms. The molecule has 1 saturated heterocycles. The predicted molar refractivity (Wildman–Crippen MR) is 200 cm³/mol. The van der Waals surface area contributed by atoms with Crippen LogP contribution in [-0.4, -0.2) is 70.2 Å². The summed E-state index contributed by atoms with van der Waals surface area (Å²) in [7, 11) is 0. The number of nitrogens with zero attached hydrogens (tertiary/aromatic N) is 4. The molecule has 1 N–H and O–H groups in total. The molecular formula is C42H39ClF2N4O4. The normalized spacial score (nSPS) is 17.3. The largest absolute Gasteiger partial charge is 0.508 e. The fourth-order valence-electron chi connectivity index (χ4n) is 7.97. The van der Waals surface area contributed by atoms with Gasteiger partial charge in [-0.05, 0) is 97.5 Å². The van der Waals surface area contributed by atoms with Crippen LogP contribution in [0.5, 0.6) is 5.75 Å². The van der Waals surface area contributed by atoms with Crippen LogP contribution in [-0.2, 0) is 30.7 Å². The third kappa shape index (κ3) is 6.94. The SMILES string of the molecule is O=C(c1cc(-c2cc(Cl)ccc2C(=O)N2Cc3ccccc3C[C@H]2CN2CCOCC2)n2c1CCCC2)N(c1ccc(O)cc1)c1ccc(F)cc1F. The van der Waals surface area contributed by atoms with Crippen LogP contribution >= 0.6 is 11.6 Å². The Morgan fingerprint density at radius 1 is 0.868 bits per heavy atom. The van der Waals surface area contributed by atoms with Gasteiger partial charge >= 0.3 is 0 Å². The number of ether oxygens (including phenoxy) is 1. The summed E-state index contributed by atoms with van der Waals surface area (Å²) >= 11 is 6.67. The Hall–Kier alpha value is -5.03. The van der Waals surface area contributed by atoms with Crippen molar-refractivity contribution in [3.05, 3.63) is 136 Å². The van der Waals surface area contributed by atoms with E-state index in [9.17, 15) is 19.1 Å². The molecule has 8 rings (SSSR count). The van der Waals surface area contributed by atoms with Crippen molar-refractivity contribution in [2.24, 2.45) is 0 Å². The van der Waals surface area contributed by atoms with Crippen LogP contribution in [0.1, 0.15) is 50.4 Å². The highest BCUT2D eigenvalue weighted by molar-refractivity contribution is 6.31. The summed E-state index contributed by atoms with van der Waals surface area (Å²) in [6, 6.07) is 24.2. The summed E-state index contributed by atoms with van der Waals surface area (Å²) in [6.45, 7) is 4.74. The lowest BCUT2D eigenvalue weighted by molar-refractivity contribution is 0.0193. The summed E-state index contributed by atoms with van der Waals surface area (Å²) < 4.78 is 37.2. The Balaban J connectivity index is 1.22. The number of rotatable bonds is 7. The first-order valence-corrected chi connectivity index (χ1v) is 18.4. The summed E-state index contributed by atoms with van der Waals surface area (Å²) in [5.41, 5.74) is 5.38. The number of carbonyl (C=O) groups excluding carboxylic acids is 2. The third-order valence-corrected chi connectivity index (χ3v) is 10.9. The van der Waals surface area contributed by atoms with Crippen LogP contribution in [0.25, 0.3) is 11.3 Å². The molecular weight excluding hydrogens is 698 g/mol. The van der Waals surface area contributed by atoms with Gasteiger partial charge < -0.3 is 19.3 Å². The van der Waals surface area contributed by atoms with Crippen LogP contribution < -0.4 is 4.90 Å². The highest BCUT2D eigenvalue weighted by atomic mass is 35.5. The van der Waals surface area contributed by atoms with E-state index in [4.69, 9.17) is 16.3 Å². The molecule has 1 atom stereocenters. The standard InChI is InChI=1S/C42H39ClF2N4O4/c43-29-8-14-34(41(51)48-25-28-6-2-1-5-27(28)21-32(48)26-46-17-19-53-20-18-46)35(22-29)40-24-36(38-7-3-4-16-47(38)40)42(52)49(31-10-12-33(50)13-11-31)39-15-9-30(44)23-37(39)45/h1-2,5-6,8-15,22-24,32,50H,3-4,7,16-21,25-26H2/t32-/m0/s1. The van der Waals surface area contributed by atoms with E-state index in [2.05, 4.69) is 21.6 Å². The Labute approximate surface area is 311 Å². The first-order valence-electron chi connectivity index (χ1n) is 18.0. The van der Waals surface area contributed by atoms with E-state index in [1.165, 1.54) is 40.8 Å². The van der Waals surface area contributed by atoms with Gasteiger partial charge in [0, 0.05) is 78.1 Å². The number of hydrogen-bond donors (Lipinski definition) is 1. The van der Waals surface area contributed by atoms with Crippen LogP contribution in [0.3, 0.4) is 0 Å². The Kier molecular flexibility index (Phi) is 9.76. The van der Waals surface area contributed by atoms with Crippen LogP contribution in [0.4, 0.5) is 20.2 Å². The van der Waals surface area contributed by atoms with E-state index in [1.54, 1.807) is 24.3 Å². The van der Waals surface area contributed by atoms with Gasteiger partial charge in [-0.2, -0.15) is 0 Å². The molecule has 272 valence electrons. The number of fused-ring (bicyclic) bond motifs is 2. The number of carbonyl (C=O) groups is 2. The minimum absolute atomic E-state index is 0.0215. The van der Waals surface area contributed by atoms with E-state index in [-0.39, 0.29) is 23.4 Å². The Morgan fingerprint density at radius 2 is 1.64 bits per heavy atom. The fourth-order valence-corrected chi connectivity index (χ4v) is 8.15. The van der Waals surface area contributed by atoms with Crippen LogP contribution in [0, 0.1) is 11.6 Å².